The van der Waals surface area contributed by atoms with Crippen LogP contribution in [-0.2, 0) is 11.3 Å². The van der Waals surface area contributed by atoms with Gasteiger partial charge in [-0.3, -0.25) is 4.79 Å². The first-order chi connectivity index (χ1) is 12.7. The highest BCUT2D eigenvalue weighted by Crippen LogP contribution is 2.25. The molecule has 0 bridgehead atoms. The van der Waals surface area contributed by atoms with E-state index in [2.05, 4.69) is 20.0 Å². The third-order valence-electron chi connectivity index (χ3n) is 4.57. The highest BCUT2D eigenvalue weighted by atomic mass is 16.2. The van der Waals surface area contributed by atoms with Crippen LogP contribution >= 0.6 is 0 Å². The van der Waals surface area contributed by atoms with Crippen LogP contribution in [-0.4, -0.2) is 50.7 Å². The molecule has 7 nitrogen and oxygen atoms in total. The first-order valence-electron chi connectivity index (χ1n) is 8.56. The Morgan fingerprint density at radius 2 is 1.92 bits per heavy atom. The largest absolute Gasteiger partial charge is 0.355 e. The molecule has 0 saturated carbocycles. The Hall–Kier alpha value is -3.22. The second-order valence-corrected chi connectivity index (χ2v) is 6.47. The number of hydrogen-bond donors (Lipinski definition) is 0. The molecule has 1 aromatic carbocycles. The Labute approximate surface area is 151 Å². The van der Waals surface area contributed by atoms with Gasteiger partial charge < -0.3 is 9.80 Å². The molecule has 0 radical (unpaired) electrons. The van der Waals surface area contributed by atoms with Crippen LogP contribution in [0.2, 0.25) is 0 Å². The predicted octanol–water partition coefficient (Wildman–Crippen LogP) is 1.76. The molecule has 1 fully saturated rings. The first-order valence-corrected chi connectivity index (χ1v) is 8.56. The molecule has 4 rings (SSSR count). The van der Waals surface area contributed by atoms with Gasteiger partial charge in [0.2, 0.25) is 5.91 Å². The van der Waals surface area contributed by atoms with Crippen LogP contribution in [0.15, 0.2) is 61.2 Å². The van der Waals surface area contributed by atoms with Gasteiger partial charge in [-0.15, -0.1) is 0 Å². The number of rotatable bonds is 5. The van der Waals surface area contributed by atoms with E-state index in [1.165, 1.54) is 6.33 Å². The molecule has 3 heterocycles. The smallest absolute Gasteiger partial charge is 0.229 e. The van der Waals surface area contributed by atoms with Crippen molar-refractivity contribution >= 4 is 11.7 Å². The second-order valence-electron chi connectivity index (χ2n) is 6.47. The van der Waals surface area contributed by atoms with E-state index in [9.17, 15) is 4.79 Å². The number of anilines is 1. The van der Waals surface area contributed by atoms with Crippen molar-refractivity contribution in [1.82, 2.24) is 24.6 Å². The molecule has 1 amide bonds. The van der Waals surface area contributed by atoms with Crippen molar-refractivity contribution in [3.8, 4) is 5.82 Å². The van der Waals surface area contributed by atoms with Gasteiger partial charge in [0.15, 0.2) is 5.82 Å². The van der Waals surface area contributed by atoms with Gasteiger partial charge in [-0.1, -0.05) is 30.3 Å². The molecule has 26 heavy (non-hydrogen) atoms. The lowest BCUT2D eigenvalue weighted by atomic mass is 9.98. The number of nitrogens with zero attached hydrogens (tertiary/aromatic N) is 6. The van der Waals surface area contributed by atoms with Crippen molar-refractivity contribution in [2.75, 3.05) is 25.0 Å². The van der Waals surface area contributed by atoms with Crippen molar-refractivity contribution in [1.29, 1.82) is 0 Å². The minimum atomic E-state index is 0.00632. The summed E-state index contributed by atoms with van der Waals surface area (Å²) in [5, 5.41) is 4.18. The topological polar surface area (TPSA) is 67.2 Å². The minimum Gasteiger partial charge on any atom is -0.355 e. The van der Waals surface area contributed by atoms with E-state index in [1.54, 1.807) is 15.8 Å². The number of benzene rings is 1. The number of carbonyl (C=O) groups is 1. The quantitative estimate of drug-likeness (QED) is 0.703. The van der Waals surface area contributed by atoms with Crippen LogP contribution < -0.4 is 4.90 Å². The summed E-state index contributed by atoms with van der Waals surface area (Å²) in [6.07, 6.45) is 5.08. The van der Waals surface area contributed by atoms with E-state index in [0.717, 1.165) is 17.2 Å². The number of hydrogen-bond acceptors (Lipinski definition) is 5. The third-order valence-corrected chi connectivity index (χ3v) is 4.57. The molecule has 0 aliphatic carbocycles. The number of aromatic nitrogens is 4. The van der Waals surface area contributed by atoms with Gasteiger partial charge in [0.1, 0.15) is 12.1 Å². The monoisotopic (exact) mass is 348 g/mol. The fraction of sp³-hybridized carbons (Fsp3) is 0.263. The summed E-state index contributed by atoms with van der Waals surface area (Å²) in [7, 11) is 1.86. The lowest BCUT2D eigenvalue weighted by molar-refractivity contribution is -0.135. The van der Waals surface area contributed by atoms with Crippen LogP contribution in [0.25, 0.3) is 5.82 Å². The molecule has 2 aromatic heterocycles. The highest BCUT2D eigenvalue weighted by molar-refractivity contribution is 5.81. The standard InChI is InChI=1S/C19H20N6O/c1-23(11-15-6-3-2-4-7-15)19(26)16-12-24(13-16)17-10-18(21-14-20-17)25-9-5-8-22-25/h2-10,14,16H,11-13H2,1H3. The van der Waals surface area contributed by atoms with Gasteiger partial charge in [-0.25, -0.2) is 14.6 Å². The molecule has 1 aliphatic rings. The normalized spacial score (nSPS) is 14.1. The van der Waals surface area contributed by atoms with E-state index in [4.69, 9.17) is 0 Å². The van der Waals surface area contributed by atoms with E-state index in [0.29, 0.717) is 19.6 Å². The van der Waals surface area contributed by atoms with E-state index in [1.807, 2.05) is 55.7 Å². The van der Waals surface area contributed by atoms with Crippen LogP contribution in [0.1, 0.15) is 5.56 Å². The lowest BCUT2D eigenvalue weighted by Gasteiger charge is -2.40. The van der Waals surface area contributed by atoms with Gasteiger partial charge in [-0.05, 0) is 11.6 Å². The first kappa shape index (κ1) is 16.3. The van der Waals surface area contributed by atoms with Crippen molar-refractivity contribution in [3.05, 3.63) is 66.7 Å². The van der Waals surface area contributed by atoms with Crippen LogP contribution in [0, 0.1) is 5.92 Å². The molecule has 7 heteroatoms. The summed E-state index contributed by atoms with van der Waals surface area (Å²) in [6, 6.07) is 13.8. The van der Waals surface area contributed by atoms with Crippen LogP contribution in [0.5, 0.6) is 0 Å². The lowest BCUT2D eigenvalue weighted by Crippen LogP contribution is -2.54. The van der Waals surface area contributed by atoms with Gasteiger partial charge in [-0.2, -0.15) is 5.10 Å². The summed E-state index contributed by atoms with van der Waals surface area (Å²) < 4.78 is 1.70. The fourth-order valence-electron chi connectivity index (χ4n) is 3.11. The molecular weight excluding hydrogens is 328 g/mol. The van der Waals surface area contributed by atoms with Gasteiger partial charge >= 0.3 is 0 Å². The van der Waals surface area contributed by atoms with Crippen molar-refractivity contribution in [2.45, 2.75) is 6.54 Å². The van der Waals surface area contributed by atoms with Crippen LogP contribution in [0.4, 0.5) is 5.82 Å². The van der Waals surface area contributed by atoms with Gasteiger partial charge in [0, 0.05) is 45.1 Å². The minimum absolute atomic E-state index is 0.00632. The Morgan fingerprint density at radius 1 is 1.15 bits per heavy atom. The number of amides is 1. The summed E-state index contributed by atoms with van der Waals surface area (Å²) >= 11 is 0. The molecule has 1 aliphatic heterocycles. The van der Waals surface area contributed by atoms with Crippen molar-refractivity contribution in [3.63, 3.8) is 0 Å². The third kappa shape index (κ3) is 3.28. The zero-order chi connectivity index (χ0) is 17.9. The Morgan fingerprint density at radius 3 is 2.65 bits per heavy atom. The average Bonchev–Trinajstić information content (AvgIpc) is 3.16. The Kier molecular flexibility index (Phi) is 4.35. The molecule has 0 atom stereocenters. The summed E-state index contributed by atoms with van der Waals surface area (Å²) in [5.74, 6) is 1.72. The molecule has 0 N–H and O–H groups in total. The predicted molar refractivity (Wildman–Crippen MR) is 97.8 cm³/mol. The van der Waals surface area contributed by atoms with E-state index < -0.39 is 0 Å². The highest BCUT2D eigenvalue weighted by Gasteiger charge is 2.35. The maximum Gasteiger partial charge on any atom is 0.229 e. The fourth-order valence-corrected chi connectivity index (χ4v) is 3.11. The average molecular weight is 348 g/mol. The molecule has 0 unspecified atom stereocenters. The zero-order valence-electron chi connectivity index (χ0n) is 14.6. The summed E-state index contributed by atoms with van der Waals surface area (Å²) in [4.78, 5) is 25.1. The van der Waals surface area contributed by atoms with Crippen molar-refractivity contribution < 1.29 is 4.79 Å². The van der Waals surface area contributed by atoms with Gasteiger partial charge in [0.05, 0.1) is 5.92 Å². The van der Waals surface area contributed by atoms with Gasteiger partial charge in [0.25, 0.3) is 0 Å². The molecule has 3 aromatic rings. The Balaban J connectivity index is 1.36. The molecule has 0 spiro atoms. The van der Waals surface area contributed by atoms with E-state index >= 15 is 0 Å². The van der Waals surface area contributed by atoms with Crippen LogP contribution in [0.3, 0.4) is 0 Å². The van der Waals surface area contributed by atoms with Crippen molar-refractivity contribution in [2.24, 2.45) is 5.92 Å². The Bertz CT molecular complexity index is 874. The maximum absolute atomic E-state index is 12.6. The number of carbonyl (C=O) groups excluding carboxylic acids is 1. The molecular formula is C19H20N6O. The SMILES string of the molecule is CN(Cc1ccccc1)C(=O)C1CN(c2cc(-n3cccn3)ncn2)C1. The summed E-state index contributed by atoms with van der Waals surface area (Å²) in [5.41, 5.74) is 1.14. The zero-order valence-corrected chi connectivity index (χ0v) is 14.6. The summed E-state index contributed by atoms with van der Waals surface area (Å²) in [6.45, 7) is 1.98. The maximum atomic E-state index is 12.6. The van der Waals surface area contributed by atoms with E-state index in [-0.39, 0.29) is 11.8 Å². The molecule has 132 valence electrons. The second kappa shape index (κ2) is 6.95. The molecule has 1 saturated heterocycles.